The first-order valence-corrected chi connectivity index (χ1v) is 9.10. The third-order valence-corrected chi connectivity index (χ3v) is 4.78. The van der Waals surface area contributed by atoms with Crippen LogP contribution in [0.2, 0.25) is 5.02 Å². The standard InChI is InChI=1S/C20H21ClN4O3/c1-12(25(3)13(2)26)10-28-18-6-4-5-16-19(18)20(23-11-22-16)24-14-7-8-17(27)15(21)9-14/h4-9,11-12,27H,10H2,1-3H3,(H,22,23,24)/t12-/m0/s1. The molecule has 0 aliphatic heterocycles. The zero-order valence-corrected chi connectivity index (χ0v) is 16.6. The molecule has 1 heterocycles. The molecule has 28 heavy (non-hydrogen) atoms. The summed E-state index contributed by atoms with van der Waals surface area (Å²) >= 11 is 5.99. The van der Waals surface area contributed by atoms with Crippen molar-refractivity contribution in [2.45, 2.75) is 19.9 Å². The zero-order chi connectivity index (χ0) is 20.3. The number of carbonyl (C=O) groups excluding carboxylic acids is 1. The first kappa shape index (κ1) is 19.7. The van der Waals surface area contributed by atoms with E-state index in [-0.39, 0.29) is 22.7 Å². The van der Waals surface area contributed by atoms with Crippen LogP contribution in [0.5, 0.6) is 11.5 Å². The van der Waals surface area contributed by atoms with Gasteiger partial charge in [0, 0.05) is 19.7 Å². The Balaban J connectivity index is 1.91. The van der Waals surface area contributed by atoms with E-state index in [4.69, 9.17) is 16.3 Å². The van der Waals surface area contributed by atoms with Gasteiger partial charge in [0.15, 0.2) is 0 Å². The Labute approximate surface area is 167 Å². The van der Waals surface area contributed by atoms with Gasteiger partial charge in [0.2, 0.25) is 5.91 Å². The summed E-state index contributed by atoms with van der Waals surface area (Å²) in [4.78, 5) is 21.8. The highest BCUT2D eigenvalue weighted by Gasteiger charge is 2.15. The van der Waals surface area contributed by atoms with Crippen molar-refractivity contribution in [3.63, 3.8) is 0 Å². The van der Waals surface area contributed by atoms with Gasteiger partial charge in [-0.3, -0.25) is 4.79 Å². The molecule has 2 N–H and O–H groups in total. The predicted octanol–water partition coefficient (Wildman–Crippen LogP) is 3.98. The fraction of sp³-hybridized carbons (Fsp3) is 0.250. The normalized spacial score (nSPS) is 11.9. The second-order valence-corrected chi connectivity index (χ2v) is 6.86. The molecule has 7 nitrogen and oxygen atoms in total. The lowest BCUT2D eigenvalue weighted by atomic mass is 10.2. The molecule has 0 aliphatic rings. The molecule has 1 amide bonds. The van der Waals surface area contributed by atoms with Crippen molar-refractivity contribution >= 4 is 39.9 Å². The number of hydrogen-bond donors (Lipinski definition) is 2. The molecule has 1 aromatic heterocycles. The van der Waals surface area contributed by atoms with Crippen LogP contribution in [0.1, 0.15) is 13.8 Å². The third kappa shape index (κ3) is 4.26. The van der Waals surface area contributed by atoms with Gasteiger partial charge in [0.1, 0.15) is 30.3 Å². The lowest BCUT2D eigenvalue weighted by Gasteiger charge is -2.24. The van der Waals surface area contributed by atoms with Crippen molar-refractivity contribution in [2.24, 2.45) is 0 Å². The first-order valence-electron chi connectivity index (χ1n) is 8.72. The molecule has 0 fully saturated rings. The van der Waals surface area contributed by atoms with Gasteiger partial charge in [-0.1, -0.05) is 17.7 Å². The van der Waals surface area contributed by atoms with Gasteiger partial charge in [0.25, 0.3) is 0 Å². The zero-order valence-electron chi connectivity index (χ0n) is 15.8. The quantitative estimate of drug-likeness (QED) is 0.608. The van der Waals surface area contributed by atoms with Crippen LogP contribution < -0.4 is 10.1 Å². The minimum absolute atomic E-state index is 0.00682. The number of nitrogens with one attached hydrogen (secondary N) is 1. The number of halogens is 1. The van der Waals surface area contributed by atoms with Gasteiger partial charge in [-0.15, -0.1) is 0 Å². The van der Waals surface area contributed by atoms with Gasteiger partial charge < -0.3 is 20.1 Å². The summed E-state index contributed by atoms with van der Waals surface area (Å²) in [5.41, 5.74) is 1.38. The number of phenols is 1. The Morgan fingerprint density at radius 2 is 2.11 bits per heavy atom. The molecule has 0 saturated heterocycles. The largest absolute Gasteiger partial charge is 0.506 e. The van der Waals surface area contributed by atoms with Crippen molar-refractivity contribution in [1.82, 2.24) is 14.9 Å². The van der Waals surface area contributed by atoms with Crippen molar-refractivity contribution in [3.05, 3.63) is 47.7 Å². The maximum atomic E-state index is 11.5. The molecule has 2 aromatic carbocycles. The van der Waals surface area contributed by atoms with E-state index in [1.54, 1.807) is 24.1 Å². The van der Waals surface area contributed by atoms with Gasteiger partial charge >= 0.3 is 0 Å². The third-order valence-electron chi connectivity index (χ3n) is 4.47. The van der Waals surface area contributed by atoms with Crippen molar-refractivity contribution in [1.29, 1.82) is 0 Å². The molecule has 0 bridgehead atoms. The number of rotatable bonds is 6. The number of fused-ring (bicyclic) bond motifs is 1. The van der Waals surface area contributed by atoms with Crippen molar-refractivity contribution in [2.75, 3.05) is 19.0 Å². The van der Waals surface area contributed by atoms with Gasteiger partial charge in [0.05, 0.1) is 22.0 Å². The SMILES string of the molecule is CC(=O)N(C)[C@@H](C)COc1cccc2ncnc(Nc3ccc(O)c(Cl)c3)c12. The average Bonchev–Trinajstić information content (AvgIpc) is 2.68. The van der Waals surface area contributed by atoms with Crippen molar-refractivity contribution in [3.8, 4) is 11.5 Å². The summed E-state index contributed by atoms with van der Waals surface area (Å²) < 4.78 is 5.99. The summed E-state index contributed by atoms with van der Waals surface area (Å²) in [6, 6.07) is 10.3. The van der Waals surface area contributed by atoms with E-state index < -0.39 is 0 Å². The highest BCUT2D eigenvalue weighted by molar-refractivity contribution is 6.32. The van der Waals surface area contributed by atoms with Gasteiger partial charge in [-0.05, 0) is 37.3 Å². The van der Waals surface area contributed by atoms with Crippen LogP contribution in [0.3, 0.4) is 0 Å². The number of hydrogen-bond acceptors (Lipinski definition) is 6. The van der Waals surface area contributed by atoms with Crippen molar-refractivity contribution < 1.29 is 14.6 Å². The number of benzene rings is 2. The number of aromatic hydroxyl groups is 1. The molecule has 1 atom stereocenters. The van der Waals surface area contributed by atoms with E-state index in [1.165, 1.54) is 19.3 Å². The van der Waals surface area contributed by atoms with E-state index in [2.05, 4.69) is 15.3 Å². The highest BCUT2D eigenvalue weighted by Crippen LogP contribution is 2.33. The molecule has 0 radical (unpaired) electrons. The topological polar surface area (TPSA) is 87.6 Å². The lowest BCUT2D eigenvalue weighted by Crippen LogP contribution is -2.37. The minimum atomic E-state index is -0.0929. The Hall–Kier alpha value is -3.06. The Bertz CT molecular complexity index is 1010. The number of phenolic OH excluding ortho intramolecular Hbond substituents is 1. The predicted molar refractivity (Wildman–Crippen MR) is 109 cm³/mol. The lowest BCUT2D eigenvalue weighted by molar-refractivity contribution is -0.129. The number of carbonyl (C=O) groups is 1. The van der Waals surface area contributed by atoms with E-state index in [0.717, 1.165) is 0 Å². The molecule has 3 aromatic rings. The van der Waals surface area contributed by atoms with Gasteiger partial charge in [-0.2, -0.15) is 0 Å². The van der Waals surface area contributed by atoms with Gasteiger partial charge in [-0.25, -0.2) is 9.97 Å². The second-order valence-electron chi connectivity index (χ2n) is 6.45. The molecule has 3 rings (SSSR count). The fourth-order valence-corrected chi connectivity index (χ4v) is 2.83. The Kier molecular flexibility index (Phi) is 5.84. The minimum Gasteiger partial charge on any atom is -0.506 e. The van der Waals surface area contributed by atoms with Crippen LogP contribution in [0.15, 0.2) is 42.7 Å². The molecule has 0 spiro atoms. The number of likely N-dealkylation sites (N-methyl/N-ethyl adjacent to an activating group) is 1. The molecule has 0 aliphatic carbocycles. The molecule has 0 saturated carbocycles. The van der Waals surface area contributed by atoms with E-state index >= 15 is 0 Å². The number of nitrogens with zero attached hydrogens (tertiary/aromatic N) is 3. The van der Waals surface area contributed by atoms with Crippen LogP contribution in [0.4, 0.5) is 11.5 Å². The fourth-order valence-electron chi connectivity index (χ4n) is 2.65. The van der Waals surface area contributed by atoms with Crippen LogP contribution in [-0.4, -0.2) is 45.6 Å². The number of ether oxygens (including phenoxy) is 1. The number of aromatic nitrogens is 2. The molecular weight excluding hydrogens is 380 g/mol. The van der Waals surface area contributed by atoms with E-state index in [9.17, 15) is 9.90 Å². The van der Waals surface area contributed by atoms with Crippen LogP contribution in [0, 0.1) is 0 Å². The van der Waals surface area contributed by atoms with E-state index in [0.29, 0.717) is 34.8 Å². The monoisotopic (exact) mass is 400 g/mol. The smallest absolute Gasteiger partial charge is 0.219 e. The summed E-state index contributed by atoms with van der Waals surface area (Å²) in [7, 11) is 1.74. The molecule has 8 heteroatoms. The number of amides is 1. The molecular formula is C20H21ClN4O3. The highest BCUT2D eigenvalue weighted by atomic mass is 35.5. The van der Waals surface area contributed by atoms with Crippen LogP contribution in [0.25, 0.3) is 10.9 Å². The maximum Gasteiger partial charge on any atom is 0.219 e. The summed E-state index contributed by atoms with van der Waals surface area (Å²) in [6.45, 7) is 3.77. The Morgan fingerprint density at radius 3 is 2.82 bits per heavy atom. The Morgan fingerprint density at radius 1 is 1.32 bits per heavy atom. The summed E-state index contributed by atoms with van der Waals surface area (Å²) in [5, 5.41) is 13.7. The number of anilines is 2. The summed E-state index contributed by atoms with van der Waals surface area (Å²) in [6.07, 6.45) is 1.46. The van der Waals surface area contributed by atoms with Crippen LogP contribution >= 0.6 is 11.6 Å². The maximum absolute atomic E-state index is 11.5. The second kappa shape index (κ2) is 8.31. The summed E-state index contributed by atoms with van der Waals surface area (Å²) in [5.74, 6) is 1.14. The molecule has 0 unspecified atom stereocenters. The molecule has 146 valence electrons. The van der Waals surface area contributed by atoms with Crippen LogP contribution in [-0.2, 0) is 4.79 Å². The first-order chi connectivity index (χ1) is 13.4. The van der Waals surface area contributed by atoms with E-state index in [1.807, 2.05) is 25.1 Å². The average molecular weight is 401 g/mol.